The molecule has 0 bridgehead atoms. The number of hydrogen-bond donors (Lipinski definition) is 2. The molecule has 8 heteroatoms. The largest absolute Gasteiger partial charge is 0.493 e. The number of hydrogen-bond acceptors (Lipinski definition) is 5. The van der Waals surface area contributed by atoms with Gasteiger partial charge < -0.3 is 14.8 Å². The van der Waals surface area contributed by atoms with Crippen LogP contribution in [-0.2, 0) is 9.59 Å². The Bertz CT molecular complexity index is 858. The standard InChI is InChI=1S/C22H26ClN3O4/c1-2-3-8-13-29-19-11-6-4-9-17(19)14-25-26-21(27)15-24-22(28)16-30-20-12-7-5-10-18(20)23/h4-7,9-12,14H,2-3,8,13,15-16H2,1H3,(H,24,28)(H,26,27)/b25-14-. The lowest BCUT2D eigenvalue weighted by molar-refractivity contribution is -0.127. The molecular weight excluding hydrogens is 406 g/mol. The van der Waals surface area contributed by atoms with E-state index in [1.165, 1.54) is 6.21 Å². The topological polar surface area (TPSA) is 89.0 Å². The summed E-state index contributed by atoms with van der Waals surface area (Å²) in [5, 5.41) is 6.79. The molecule has 2 rings (SSSR count). The van der Waals surface area contributed by atoms with Gasteiger partial charge in [-0.1, -0.05) is 55.6 Å². The van der Waals surface area contributed by atoms with E-state index in [9.17, 15) is 9.59 Å². The minimum atomic E-state index is -0.460. The van der Waals surface area contributed by atoms with Crippen molar-refractivity contribution in [2.75, 3.05) is 19.8 Å². The van der Waals surface area contributed by atoms with E-state index in [0.29, 0.717) is 23.1 Å². The minimum Gasteiger partial charge on any atom is -0.493 e. The summed E-state index contributed by atoms with van der Waals surface area (Å²) in [5.41, 5.74) is 3.13. The average Bonchev–Trinajstić information content (AvgIpc) is 2.75. The molecule has 2 amide bonds. The van der Waals surface area contributed by atoms with Crippen molar-refractivity contribution in [1.29, 1.82) is 0 Å². The number of carbonyl (C=O) groups is 2. The molecule has 0 unspecified atom stereocenters. The van der Waals surface area contributed by atoms with Gasteiger partial charge in [-0.05, 0) is 30.7 Å². The Morgan fingerprint density at radius 3 is 2.50 bits per heavy atom. The molecule has 2 aromatic rings. The van der Waals surface area contributed by atoms with Crippen molar-refractivity contribution < 1.29 is 19.1 Å². The first-order valence-electron chi connectivity index (χ1n) is 9.78. The molecule has 0 aliphatic rings. The molecule has 0 aromatic heterocycles. The summed E-state index contributed by atoms with van der Waals surface area (Å²) in [6, 6.07) is 14.3. The minimum absolute atomic E-state index is 0.225. The highest BCUT2D eigenvalue weighted by Crippen LogP contribution is 2.22. The van der Waals surface area contributed by atoms with Gasteiger partial charge in [0.2, 0.25) is 0 Å². The number of ether oxygens (including phenoxy) is 2. The Kier molecular flexibility index (Phi) is 10.2. The molecule has 0 aliphatic carbocycles. The van der Waals surface area contributed by atoms with Gasteiger partial charge in [-0.2, -0.15) is 5.10 Å². The number of hydrazone groups is 1. The van der Waals surface area contributed by atoms with Crippen LogP contribution < -0.4 is 20.2 Å². The van der Waals surface area contributed by atoms with Crippen LogP contribution in [0.1, 0.15) is 31.7 Å². The fraction of sp³-hybridized carbons (Fsp3) is 0.318. The summed E-state index contributed by atoms with van der Waals surface area (Å²) >= 11 is 5.95. The van der Waals surface area contributed by atoms with Crippen LogP contribution in [0, 0.1) is 0 Å². The van der Waals surface area contributed by atoms with Crippen LogP contribution in [0.15, 0.2) is 53.6 Å². The molecular formula is C22H26ClN3O4. The van der Waals surface area contributed by atoms with E-state index in [0.717, 1.165) is 24.8 Å². The lowest BCUT2D eigenvalue weighted by Gasteiger charge is -2.09. The van der Waals surface area contributed by atoms with Gasteiger partial charge in [-0.25, -0.2) is 5.43 Å². The lowest BCUT2D eigenvalue weighted by Crippen LogP contribution is -2.37. The summed E-state index contributed by atoms with van der Waals surface area (Å²) in [4.78, 5) is 23.7. The number of benzene rings is 2. The maximum absolute atomic E-state index is 11.9. The molecule has 0 spiro atoms. The molecule has 0 radical (unpaired) electrons. The second kappa shape index (κ2) is 13.2. The van der Waals surface area contributed by atoms with Gasteiger partial charge >= 0.3 is 0 Å². The molecule has 0 fully saturated rings. The van der Waals surface area contributed by atoms with Gasteiger partial charge in [-0.15, -0.1) is 0 Å². The molecule has 0 heterocycles. The number of unbranched alkanes of at least 4 members (excludes halogenated alkanes) is 2. The summed E-state index contributed by atoms with van der Waals surface area (Å²) in [6.07, 6.45) is 4.73. The van der Waals surface area contributed by atoms with Crippen LogP contribution in [0.5, 0.6) is 11.5 Å². The number of nitrogens with one attached hydrogen (secondary N) is 2. The van der Waals surface area contributed by atoms with Crippen molar-refractivity contribution in [3.05, 3.63) is 59.1 Å². The maximum atomic E-state index is 11.9. The SMILES string of the molecule is CCCCCOc1ccccc1/C=N\NC(=O)CNC(=O)COc1ccccc1Cl. The zero-order valence-corrected chi connectivity index (χ0v) is 17.7. The van der Waals surface area contributed by atoms with Gasteiger partial charge in [0, 0.05) is 5.56 Å². The molecule has 7 nitrogen and oxygen atoms in total. The van der Waals surface area contributed by atoms with Crippen molar-refractivity contribution in [2.24, 2.45) is 5.10 Å². The Hall–Kier alpha value is -3.06. The summed E-state index contributed by atoms with van der Waals surface area (Å²) < 4.78 is 11.1. The first kappa shape index (κ1) is 23.2. The third kappa shape index (κ3) is 8.53. The third-order valence-electron chi connectivity index (χ3n) is 3.96. The summed E-state index contributed by atoms with van der Waals surface area (Å²) in [7, 11) is 0. The van der Waals surface area contributed by atoms with E-state index < -0.39 is 11.8 Å². The lowest BCUT2D eigenvalue weighted by atomic mass is 10.2. The first-order valence-corrected chi connectivity index (χ1v) is 10.2. The molecule has 2 N–H and O–H groups in total. The zero-order valence-electron chi connectivity index (χ0n) is 16.9. The second-order valence-corrected chi connectivity index (χ2v) is 6.79. The van der Waals surface area contributed by atoms with Crippen LogP contribution in [0.25, 0.3) is 0 Å². The van der Waals surface area contributed by atoms with Crippen molar-refractivity contribution in [2.45, 2.75) is 26.2 Å². The first-order chi connectivity index (χ1) is 14.6. The monoisotopic (exact) mass is 431 g/mol. The normalized spacial score (nSPS) is 10.6. The van der Waals surface area contributed by atoms with E-state index in [1.807, 2.05) is 24.3 Å². The predicted molar refractivity (Wildman–Crippen MR) is 117 cm³/mol. The number of nitrogens with zero attached hydrogens (tertiary/aromatic N) is 1. The van der Waals surface area contributed by atoms with Crippen molar-refractivity contribution in [3.8, 4) is 11.5 Å². The van der Waals surface area contributed by atoms with Gasteiger partial charge in [0.15, 0.2) is 6.61 Å². The molecule has 0 aliphatic heterocycles. The molecule has 0 saturated heterocycles. The van der Waals surface area contributed by atoms with Crippen LogP contribution in [-0.4, -0.2) is 37.8 Å². The zero-order chi connectivity index (χ0) is 21.6. The molecule has 2 aromatic carbocycles. The van der Waals surface area contributed by atoms with E-state index in [1.54, 1.807) is 24.3 Å². The highest BCUT2D eigenvalue weighted by Gasteiger charge is 2.07. The van der Waals surface area contributed by atoms with Gasteiger partial charge in [0.1, 0.15) is 11.5 Å². The number of rotatable bonds is 12. The quantitative estimate of drug-likeness (QED) is 0.305. The van der Waals surface area contributed by atoms with E-state index in [-0.39, 0.29) is 13.2 Å². The Morgan fingerprint density at radius 2 is 1.73 bits per heavy atom. The van der Waals surface area contributed by atoms with Gasteiger partial charge in [0.25, 0.3) is 11.8 Å². The summed E-state index contributed by atoms with van der Waals surface area (Å²) in [6.45, 7) is 2.30. The van der Waals surface area contributed by atoms with Crippen molar-refractivity contribution in [3.63, 3.8) is 0 Å². The van der Waals surface area contributed by atoms with Crippen LogP contribution in [0.4, 0.5) is 0 Å². The molecule has 0 atom stereocenters. The predicted octanol–water partition coefficient (Wildman–Crippen LogP) is 3.55. The fourth-order valence-corrected chi connectivity index (χ4v) is 2.59. The fourth-order valence-electron chi connectivity index (χ4n) is 2.40. The number of amides is 2. The molecule has 0 saturated carbocycles. The third-order valence-corrected chi connectivity index (χ3v) is 4.27. The molecule has 30 heavy (non-hydrogen) atoms. The Balaban J connectivity index is 1.72. The number of carbonyl (C=O) groups excluding carboxylic acids is 2. The van der Waals surface area contributed by atoms with Gasteiger partial charge in [0.05, 0.1) is 24.4 Å². The van der Waals surface area contributed by atoms with E-state index in [2.05, 4.69) is 22.8 Å². The number of para-hydroxylation sites is 2. The van der Waals surface area contributed by atoms with Crippen molar-refractivity contribution >= 4 is 29.6 Å². The highest BCUT2D eigenvalue weighted by atomic mass is 35.5. The van der Waals surface area contributed by atoms with Gasteiger partial charge in [-0.3, -0.25) is 9.59 Å². The van der Waals surface area contributed by atoms with Crippen LogP contribution >= 0.6 is 11.6 Å². The number of halogens is 1. The van der Waals surface area contributed by atoms with E-state index in [4.69, 9.17) is 21.1 Å². The maximum Gasteiger partial charge on any atom is 0.259 e. The summed E-state index contributed by atoms with van der Waals surface area (Å²) in [5.74, 6) is 0.203. The highest BCUT2D eigenvalue weighted by molar-refractivity contribution is 6.32. The second-order valence-electron chi connectivity index (χ2n) is 6.38. The Labute approximate surface area is 181 Å². The molecule has 160 valence electrons. The van der Waals surface area contributed by atoms with E-state index >= 15 is 0 Å². The average molecular weight is 432 g/mol. The van der Waals surface area contributed by atoms with Crippen LogP contribution in [0.3, 0.4) is 0 Å². The Morgan fingerprint density at radius 1 is 1.00 bits per heavy atom. The van der Waals surface area contributed by atoms with Crippen LogP contribution in [0.2, 0.25) is 5.02 Å². The smallest absolute Gasteiger partial charge is 0.259 e. The van der Waals surface area contributed by atoms with Crippen molar-refractivity contribution in [1.82, 2.24) is 10.7 Å².